The van der Waals surface area contributed by atoms with Crippen LogP contribution in [0.15, 0.2) is 30.6 Å². The SMILES string of the molecule is Cc1cccc(OCCN(C)C(=O)Cn2cnc(N)n2)c1. The molecule has 0 radical (unpaired) electrons. The molecule has 0 aliphatic rings. The lowest BCUT2D eigenvalue weighted by Crippen LogP contribution is -2.33. The highest BCUT2D eigenvalue weighted by molar-refractivity contribution is 5.75. The van der Waals surface area contributed by atoms with Crippen LogP contribution in [0.4, 0.5) is 5.95 Å². The molecule has 112 valence electrons. The third kappa shape index (κ3) is 4.48. The molecule has 2 aromatic rings. The van der Waals surface area contributed by atoms with Gasteiger partial charge in [-0.2, -0.15) is 0 Å². The Bertz CT molecular complexity index is 611. The van der Waals surface area contributed by atoms with Gasteiger partial charge in [0.05, 0.1) is 6.54 Å². The van der Waals surface area contributed by atoms with Gasteiger partial charge < -0.3 is 15.4 Å². The first kappa shape index (κ1) is 14.8. The van der Waals surface area contributed by atoms with Crippen LogP contribution >= 0.6 is 0 Å². The van der Waals surface area contributed by atoms with Crippen molar-refractivity contribution < 1.29 is 9.53 Å². The molecule has 21 heavy (non-hydrogen) atoms. The topological polar surface area (TPSA) is 86.3 Å². The maximum Gasteiger partial charge on any atom is 0.244 e. The highest BCUT2D eigenvalue weighted by Crippen LogP contribution is 2.12. The van der Waals surface area contributed by atoms with E-state index in [0.29, 0.717) is 13.2 Å². The Hall–Kier alpha value is -2.57. The summed E-state index contributed by atoms with van der Waals surface area (Å²) in [5.41, 5.74) is 6.54. The lowest BCUT2D eigenvalue weighted by atomic mass is 10.2. The third-order valence-electron chi connectivity index (χ3n) is 2.96. The van der Waals surface area contributed by atoms with Gasteiger partial charge in [-0.3, -0.25) is 4.79 Å². The zero-order valence-electron chi connectivity index (χ0n) is 12.2. The normalized spacial score (nSPS) is 10.4. The standard InChI is InChI=1S/C14H19N5O2/c1-11-4-3-5-12(8-11)21-7-6-18(2)13(20)9-19-10-16-14(15)17-19/h3-5,8,10H,6-7,9H2,1-2H3,(H2,15,17). The van der Waals surface area contributed by atoms with Crippen molar-refractivity contribution in [3.8, 4) is 5.75 Å². The number of rotatable bonds is 6. The van der Waals surface area contributed by atoms with E-state index in [4.69, 9.17) is 10.5 Å². The number of ether oxygens (including phenoxy) is 1. The first-order valence-electron chi connectivity index (χ1n) is 6.63. The van der Waals surface area contributed by atoms with Crippen molar-refractivity contribution in [1.29, 1.82) is 0 Å². The van der Waals surface area contributed by atoms with Crippen molar-refractivity contribution in [2.75, 3.05) is 25.9 Å². The average molecular weight is 289 g/mol. The van der Waals surface area contributed by atoms with Crippen LogP contribution in [0.25, 0.3) is 0 Å². The third-order valence-corrected chi connectivity index (χ3v) is 2.96. The molecule has 1 aromatic carbocycles. The van der Waals surface area contributed by atoms with Crippen molar-refractivity contribution >= 4 is 11.9 Å². The summed E-state index contributed by atoms with van der Waals surface area (Å²) in [6.07, 6.45) is 1.43. The van der Waals surface area contributed by atoms with Crippen LogP contribution in [0.3, 0.4) is 0 Å². The number of nitrogens with two attached hydrogens (primary N) is 1. The van der Waals surface area contributed by atoms with Crippen LogP contribution in [0, 0.1) is 6.92 Å². The molecule has 2 N–H and O–H groups in total. The molecule has 7 nitrogen and oxygen atoms in total. The summed E-state index contributed by atoms with van der Waals surface area (Å²) in [5.74, 6) is 0.890. The number of hydrogen-bond acceptors (Lipinski definition) is 5. The Balaban J connectivity index is 1.76. The minimum atomic E-state index is -0.0762. The van der Waals surface area contributed by atoms with E-state index >= 15 is 0 Å². The number of amides is 1. The van der Waals surface area contributed by atoms with E-state index < -0.39 is 0 Å². The summed E-state index contributed by atoms with van der Waals surface area (Å²) >= 11 is 0. The summed E-state index contributed by atoms with van der Waals surface area (Å²) < 4.78 is 7.03. The second-order valence-corrected chi connectivity index (χ2v) is 4.78. The van der Waals surface area contributed by atoms with E-state index in [1.807, 2.05) is 31.2 Å². The van der Waals surface area contributed by atoms with E-state index in [1.165, 1.54) is 11.0 Å². The molecular weight excluding hydrogens is 270 g/mol. The van der Waals surface area contributed by atoms with Crippen molar-refractivity contribution in [1.82, 2.24) is 19.7 Å². The number of carbonyl (C=O) groups is 1. The number of carbonyl (C=O) groups excluding carboxylic acids is 1. The van der Waals surface area contributed by atoms with E-state index in [-0.39, 0.29) is 18.4 Å². The number of nitrogens with zero attached hydrogens (tertiary/aromatic N) is 4. The molecule has 0 saturated heterocycles. The van der Waals surface area contributed by atoms with Gasteiger partial charge in [0.15, 0.2) is 0 Å². The second kappa shape index (κ2) is 6.74. The summed E-state index contributed by atoms with van der Waals surface area (Å²) in [5, 5.41) is 3.88. The number of anilines is 1. The Kier molecular flexibility index (Phi) is 4.76. The minimum absolute atomic E-state index is 0.0762. The van der Waals surface area contributed by atoms with E-state index in [0.717, 1.165) is 11.3 Å². The first-order valence-corrected chi connectivity index (χ1v) is 6.63. The molecule has 0 aliphatic heterocycles. The Morgan fingerprint density at radius 2 is 2.29 bits per heavy atom. The van der Waals surface area contributed by atoms with Gasteiger partial charge in [-0.1, -0.05) is 12.1 Å². The zero-order valence-corrected chi connectivity index (χ0v) is 12.2. The highest BCUT2D eigenvalue weighted by Gasteiger charge is 2.10. The molecule has 1 amide bonds. The monoisotopic (exact) mass is 289 g/mol. The van der Waals surface area contributed by atoms with Crippen molar-refractivity contribution in [3.05, 3.63) is 36.2 Å². The fraction of sp³-hybridized carbons (Fsp3) is 0.357. The van der Waals surface area contributed by atoms with Crippen LogP contribution in [-0.2, 0) is 11.3 Å². The summed E-state index contributed by atoms with van der Waals surface area (Å²) in [4.78, 5) is 17.3. The fourth-order valence-electron chi connectivity index (χ4n) is 1.77. The molecule has 1 heterocycles. The van der Waals surface area contributed by atoms with Crippen molar-refractivity contribution in [3.63, 3.8) is 0 Å². The summed E-state index contributed by atoms with van der Waals surface area (Å²) in [6, 6.07) is 7.80. The quantitative estimate of drug-likeness (QED) is 0.846. The molecule has 0 aliphatic carbocycles. The van der Waals surface area contributed by atoms with Gasteiger partial charge in [-0.15, -0.1) is 5.10 Å². The molecule has 0 spiro atoms. The molecule has 0 unspecified atom stereocenters. The number of aryl methyl sites for hydroxylation is 1. The lowest BCUT2D eigenvalue weighted by molar-refractivity contribution is -0.131. The molecule has 0 fully saturated rings. The Labute approximate surface area is 123 Å². The number of aromatic nitrogens is 3. The van der Waals surface area contributed by atoms with Gasteiger partial charge in [-0.05, 0) is 24.6 Å². The maximum absolute atomic E-state index is 12.0. The predicted octanol–water partition coefficient (Wildman–Crippen LogP) is 0.706. The van der Waals surface area contributed by atoms with Gasteiger partial charge in [0.2, 0.25) is 11.9 Å². The lowest BCUT2D eigenvalue weighted by Gasteiger charge is -2.17. The van der Waals surface area contributed by atoms with Crippen LogP contribution in [-0.4, -0.2) is 45.8 Å². The molecule has 0 atom stereocenters. The van der Waals surface area contributed by atoms with Crippen LogP contribution in [0.1, 0.15) is 5.56 Å². The fourth-order valence-corrected chi connectivity index (χ4v) is 1.77. The minimum Gasteiger partial charge on any atom is -0.492 e. The summed E-state index contributed by atoms with van der Waals surface area (Å²) in [6.45, 7) is 3.06. The second-order valence-electron chi connectivity index (χ2n) is 4.78. The molecular formula is C14H19N5O2. The van der Waals surface area contributed by atoms with Gasteiger partial charge in [0, 0.05) is 7.05 Å². The van der Waals surface area contributed by atoms with E-state index in [1.54, 1.807) is 11.9 Å². The average Bonchev–Trinajstić information content (AvgIpc) is 2.84. The molecule has 0 bridgehead atoms. The van der Waals surface area contributed by atoms with Gasteiger partial charge in [-0.25, -0.2) is 9.67 Å². The molecule has 7 heteroatoms. The number of likely N-dealkylation sites (N-methyl/N-ethyl adjacent to an activating group) is 1. The maximum atomic E-state index is 12.0. The Morgan fingerprint density at radius 1 is 1.48 bits per heavy atom. The van der Waals surface area contributed by atoms with Crippen LogP contribution < -0.4 is 10.5 Å². The van der Waals surface area contributed by atoms with Crippen LogP contribution in [0.5, 0.6) is 5.75 Å². The molecule has 0 saturated carbocycles. The number of hydrogen-bond donors (Lipinski definition) is 1. The van der Waals surface area contributed by atoms with Gasteiger partial charge >= 0.3 is 0 Å². The zero-order chi connectivity index (χ0) is 15.2. The first-order chi connectivity index (χ1) is 10.0. The molecule has 1 aromatic heterocycles. The van der Waals surface area contributed by atoms with Crippen molar-refractivity contribution in [2.24, 2.45) is 0 Å². The Morgan fingerprint density at radius 3 is 2.95 bits per heavy atom. The van der Waals surface area contributed by atoms with Gasteiger partial charge in [0.25, 0.3) is 0 Å². The van der Waals surface area contributed by atoms with Crippen LogP contribution in [0.2, 0.25) is 0 Å². The predicted molar refractivity (Wildman–Crippen MR) is 78.7 cm³/mol. The van der Waals surface area contributed by atoms with E-state index in [2.05, 4.69) is 10.1 Å². The van der Waals surface area contributed by atoms with E-state index in [9.17, 15) is 4.79 Å². The number of benzene rings is 1. The summed E-state index contributed by atoms with van der Waals surface area (Å²) in [7, 11) is 1.72. The highest BCUT2D eigenvalue weighted by atomic mass is 16.5. The largest absolute Gasteiger partial charge is 0.492 e. The molecule has 2 rings (SSSR count). The van der Waals surface area contributed by atoms with Gasteiger partial charge in [0.1, 0.15) is 25.2 Å². The number of nitrogen functional groups attached to an aromatic ring is 1. The van der Waals surface area contributed by atoms with Crippen molar-refractivity contribution in [2.45, 2.75) is 13.5 Å². The smallest absolute Gasteiger partial charge is 0.244 e.